The van der Waals surface area contributed by atoms with Gasteiger partial charge >= 0.3 is 0 Å². The molecule has 0 fully saturated rings. The smallest absolute Gasteiger partial charge is 0.243 e. The molecule has 0 aliphatic carbocycles. The maximum Gasteiger partial charge on any atom is 0.243 e. The molecule has 0 aliphatic rings. The Morgan fingerprint density at radius 3 is 2.84 bits per heavy atom. The molecule has 1 unspecified atom stereocenters. The van der Waals surface area contributed by atoms with Crippen LogP contribution in [0.5, 0.6) is 0 Å². The van der Waals surface area contributed by atoms with Crippen molar-refractivity contribution in [1.82, 2.24) is 14.6 Å². The zero-order valence-corrected chi connectivity index (χ0v) is 11.6. The lowest BCUT2D eigenvalue weighted by Crippen LogP contribution is -2.20. The third-order valence-corrected chi connectivity index (χ3v) is 3.17. The molecule has 19 heavy (non-hydrogen) atoms. The minimum Gasteiger partial charge on any atom is -0.350 e. The van der Waals surface area contributed by atoms with E-state index in [1.807, 2.05) is 0 Å². The second-order valence-electron chi connectivity index (χ2n) is 4.86. The molecule has 0 spiro atoms. The molecule has 104 valence electrons. The van der Waals surface area contributed by atoms with Crippen LogP contribution in [0.1, 0.15) is 46.0 Å². The summed E-state index contributed by atoms with van der Waals surface area (Å²) in [6.45, 7) is 4.36. The van der Waals surface area contributed by atoms with Gasteiger partial charge in [0.1, 0.15) is 5.82 Å². The van der Waals surface area contributed by atoms with Crippen molar-refractivity contribution in [3.8, 4) is 0 Å². The van der Waals surface area contributed by atoms with Gasteiger partial charge in [0.05, 0.1) is 6.20 Å². The summed E-state index contributed by atoms with van der Waals surface area (Å²) in [5.41, 5.74) is 0.662. The number of fused-ring (bicyclic) bond motifs is 1. The first kappa shape index (κ1) is 13.8. The van der Waals surface area contributed by atoms with Gasteiger partial charge in [0.25, 0.3) is 0 Å². The zero-order chi connectivity index (χ0) is 13.7. The van der Waals surface area contributed by atoms with Crippen molar-refractivity contribution >= 4 is 11.6 Å². The van der Waals surface area contributed by atoms with Gasteiger partial charge in [-0.1, -0.05) is 33.1 Å². The molecule has 0 saturated carbocycles. The number of nitrogens with zero attached hydrogens (tertiary/aromatic N) is 3. The molecule has 0 saturated heterocycles. The van der Waals surface area contributed by atoms with E-state index in [1.165, 1.54) is 29.6 Å². The van der Waals surface area contributed by atoms with Gasteiger partial charge in [0.15, 0.2) is 5.65 Å². The number of aromatic nitrogens is 3. The normalized spacial score (nSPS) is 12.8. The van der Waals surface area contributed by atoms with E-state index in [1.54, 1.807) is 6.07 Å². The molecular formula is C14H21FN4. The third-order valence-electron chi connectivity index (χ3n) is 3.17. The van der Waals surface area contributed by atoms with Crippen LogP contribution in [0.3, 0.4) is 0 Å². The zero-order valence-electron chi connectivity index (χ0n) is 11.6. The molecule has 0 amide bonds. The summed E-state index contributed by atoms with van der Waals surface area (Å²) in [5, 5.41) is 7.62. The summed E-state index contributed by atoms with van der Waals surface area (Å²) in [6.07, 6.45) is 7.07. The Balaban J connectivity index is 2.09. The highest BCUT2D eigenvalue weighted by Crippen LogP contribution is 2.13. The van der Waals surface area contributed by atoms with E-state index in [0.29, 0.717) is 17.6 Å². The van der Waals surface area contributed by atoms with E-state index in [2.05, 4.69) is 29.2 Å². The van der Waals surface area contributed by atoms with Crippen LogP contribution in [-0.2, 0) is 0 Å². The van der Waals surface area contributed by atoms with Gasteiger partial charge in [-0.05, 0) is 25.0 Å². The van der Waals surface area contributed by atoms with Crippen molar-refractivity contribution in [3.63, 3.8) is 0 Å². The maximum absolute atomic E-state index is 13.1. The predicted molar refractivity (Wildman–Crippen MR) is 74.8 cm³/mol. The van der Waals surface area contributed by atoms with E-state index < -0.39 is 0 Å². The van der Waals surface area contributed by atoms with Crippen molar-refractivity contribution < 1.29 is 4.39 Å². The first-order valence-electron chi connectivity index (χ1n) is 7.01. The Labute approximate surface area is 113 Å². The summed E-state index contributed by atoms with van der Waals surface area (Å²) in [6, 6.07) is 3.43. The highest BCUT2D eigenvalue weighted by atomic mass is 19.1. The van der Waals surface area contributed by atoms with Gasteiger partial charge in [0.2, 0.25) is 5.95 Å². The Morgan fingerprint density at radius 1 is 1.26 bits per heavy atom. The summed E-state index contributed by atoms with van der Waals surface area (Å²) in [5.74, 6) is 0.278. The van der Waals surface area contributed by atoms with Gasteiger partial charge in [-0.25, -0.2) is 8.91 Å². The minimum absolute atomic E-state index is 0.306. The van der Waals surface area contributed by atoms with Crippen LogP contribution in [0, 0.1) is 5.82 Å². The third kappa shape index (κ3) is 3.66. The first-order chi connectivity index (χ1) is 9.22. The fraction of sp³-hybridized carbons (Fsp3) is 0.571. The molecule has 2 aromatic rings. The van der Waals surface area contributed by atoms with Gasteiger partial charge in [-0.3, -0.25) is 0 Å². The van der Waals surface area contributed by atoms with Crippen molar-refractivity contribution in [2.45, 2.75) is 52.0 Å². The number of pyridine rings is 1. The number of hydrogen-bond donors (Lipinski definition) is 1. The lowest BCUT2D eigenvalue weighted by Gasteiger charge is -2.16. The predicted octanol–water partition coefficient (Wildman–Crippen LogP) is 3.64. The molecule has 1 atom stereocenters. The molecule has 5 heteroatoms. The first-order valence-corrected chi connectivity index (χ1v) is 7.01. The maximum atomic E-state index is 13.1. The fourth-order valence-corrected chi connectivity index (χ4v) is 2.19. The van der Waals surface area contributed by atoms with Crippen LogP contribution in [0.4, 0.5) is 10.3 Å². The van der Waals surface area contributed by atoms with Gasteiger partial charge in [-0.2, -0.15) is 4.98 Å². The van der Waals surface area contributed by atoms with Crippen LogP contribution in [0.15, 0.2) is 18.3 Å². The van der Waals surface area contributed by atoms with E-state index in [-0.39, 0.29) is 5.82 Å². The Morgan fingerprint density at radius 2 is 2.11 bits per heavy atom. The number of anilines is 1. The average molecular weight is 264 g/mol. The SMILES string of the molecule is CCCCC(CCC)Nc1nc2ccc(F)cn2n1. The number of nitrogens with one attached hydrogen (secondary N) is 1. The van der Waals surface area contributed by atoms with Crippen LogP contribution in [-0.4, -0.2) is 20.6 Å². The molecular weight excluding hydrogens is 243 g/mol. The number of rotatable bonds is 7. The largest absolute Gasteiger partial charge is 0.350 e. The molecule has 1 N–H and O–H groups in total. The molecule has 0 radical (unpaired) electrons. The Hall–Kier alpha value is -1.65. The van der Waals surface area contributed by atoms with E-state index in [9.17, 15) is 4.39 Å². The van der Waals surface area contributed by atoms with Crippen molar-refractivity contribution in [2.24, 2.45) is 0 Å². The minimum atomic E-state index is -0.306. The number of halogens is 1. The molecule has 0 aliphatic heterocycles. The van der Waals surface area contributed by atoms with Crippen LogP contribution < -0.4 is 5.32 Å². The van der Waals surface area contributed by atoms with E-state index in [0.717, 1.165) is 19.3 Å². The Bertz CT molecular complexity index is 523. The van der Waals surface area contributed by atoms with Crippen LogP contribution in [0.25, 0.3) is 5.65 Å². The standard InChI is InChI=1S/C14H21FN4/c1-3-5-7-12(6-4-2)16-14-17-13-9-8-11(15)10-19(13)18-14/h8-10,12H,3-7H2,1-2H3,(H,16,18). The van der Waals surface area contributed by atoms with E-state index in [4.69, 9.17) is 0 Å². The van der Waals surface area contributed by atoms with Gasteiger partial charge in [-0.15, -0.1) is 5.10 Å². The lowest BCUT2D eigenvalue weighted by molar-refractivity contribution is 0.561. The Kier molecular flexibility index (Phi) is 4.71. The topological polar surface area (TPSA) is 42.2 Å². The summed E-state index contributed by atoms with van der Waals surface area (Å²) < 4.78 is 14.6. The van der Waals surface area contributed by atoms with Crippen molar-refractivity contribution in [2.75, 3.05) is 5.32 Å². The van der Waals surface area contributed by atoms with Gasteiger partial charge in [0, 0.05) is 6.04 Å². The highest BCUT2D eigenvalue weighted by Gasteiger charge is 2.11. The second-order valence-corrected chi connectivity index (χ2v) is 4.86. The average Bonchev–Trinajstić information content (AvgIpc) is 2.77. The summed E-state index contributed by atoms with van der Waals surface area (Å²) >= 11 is 0. The second kappa shape index (κ2) is 6.50. The van der Waals surface area contributed by atoms with Crippen LogP contribution >= 0.6 is 0 Å². The number of hydrogen-bond acceptors (Lipinski definition) is 3. The van der Waals surface area contributed by atoms with Crippen molar-refractivity contribution in [1.29, 1.82) is 0 Å². The molecule has 0 bridgehead atoms. The van der Waals surface area contributed by atoms with E-state index >= 15 is 0 Å². The number of unbranched alkanes of at least 4 members (excludes halogenated alkanes) is 1. The lowest BCUT2D eigenvalue weighted by atomic mass is 10.1. The monoisotopic (exact) mass is 264 g/mol. The highest BCUT2D eigenvalue weighted by molar-refractivity contribution is 5.43. The molecule has 0 aromatic carbocycles. The van der Waals surface area contributed by atoms with Gasteiger partial charge < -0.3 is 5.32 Å². The van der Waals surface area contributed by atoms with Crippen molar-refractivity contribution in [3.05, 3.63) is 24.1 Å². The fourth-order valence-electron chi connectivity index (χ4n) is 2.19. The summed E-state index contributed by atoms with van der Waals surface area (Å²) in [7, 11) is 0. The van der Waals surface area contributed by atoms with Crippen LogP contribution in [0.2, 0.25) is 0 Å². The molecule has 2 heterocycles. The summed E-state index contributed by atoms with van der Waals surface area (Å²) in [4.78, 5) is 4.36. The quantitative estimate of drug-likeness (QED) is 0.830. The molecule has 4 nitrogen and oxygen atoms in total. The molecule has 2 rings (SSSR count). The molecule has 2 aromatic heterocycles.